The molecular formula is C22H28ClNO6. The third kappa shape index (κ3) is 4.57. The molecule has 0 saturated carbocycles. The third-order valence-corrected chi connectivity index (χ3v) is 5.59. The Hall–Kier alpha value is -2.25. The van der Waals surface area contributed by atoms with E-state index in [-0.39, 0.29) is 25.2 Å². The number of amides is 1. The van der Waals surface area contributed by atoms with Crippen molar-refractivity contribution in [2.24, 2.45) is 0 Å². The second-order valence-corrected chi connectivity index (χ2v) is 7.58. The molecule has 0 bridgehead atoms. The van der Waals surface area contributed by atoms with Gasteiger partial charge in [-0.25, -0.2) is 4.79 Å². The van der Waals surface area contributed by atoms with Gasteiger partial charge in [0.25, 0.3) is 5.91 Å². The van der Waals surface area contributed by atoms with Gasteiger partial charge in [-0.2, -0.15) is 0 Å². The van der Waals surface area contributed by atoms with Gasteiger partial charge in [0.15, 0.2) is 0 Å². The van der Waals surface area contributed by atoms with Gasteiger partial charge < -0.3 is 23.8 Å². The zero-order valence-corrected chi connectivity index (χ0v) is 18.4. The average Bonchev–Trinajstić information content (AvgIpc) is 3.02. The van der Waals surface area contributed by atoms with Gasteiger partial charge >= 0.3 is 6.16 Å². The van der Waals surface area contributed by atoms with Gasteiger partial charge in [-0.15, -0.1) is 0 Å². The molecule has 0 radical (unpaired) electrons. The van der Waals surface area contributed by atoms with Crippen LogP contribution in [0.3, 0.4) is 0 Å². The summed E-state index contributed by atoms with van der Waals surface area (Å²) in [6, 6.07) is 3.20. The minimum absolute atomic E-state index is 0.0854. The minimum Gasteiger partial charge on any atom is -0.496 e. The van der Waals surface area contributed by atoms with Gasteiger partial charge in [-0.05, 0) is 50.3 Å². The zero-order chi connectivity index (χ0) is 21.7. The summed E-state index contributed by atoms with van der Waals surface area (Å²) in [6.45, 7) is 5.37. The number of benzene rings is 1. The van der Waals surface area contributed by atoms with E-state index in [1.54, 1.807) is 11.0 Å². The van der Waals surface area contributed by atoms with E-state index >= 15 is 0 Å². The minimum atomic E-state index is -0.839. The fourth-order valence-electron chi connectivity index (χ4n) is 4.02. The van der Waals surface area contributed by atoms with Crippen LogP contribution in [-0.2, 0) is 25.4 Å². The molecule has 1 aromatic rings. The maximum absolute atomic E-state index is 13.4. The molecule has 1 saturated heterocycles. The first-order valence-electron chi connectivity index (χ1n) is 10.4. The van der Waals surface area contributed by atoms with Crippen LogP contribution >= 0.6 is 11.6 Å². The topological polar surface area (TPSA) is 74.3 Å². The number of methoxy groups -OCH3 is 1. The lowest BCUT2D eigenvalue weighted by Gasteiger charge is -2.30. The largest absolute Gasteiger partial charge is 0.513 e. The van der Waals surface area contributed by atoms with Crippen LogP contribution in [0, 0.1) is 0 Å². The number of piperidine rings is 1. The van der Waals surface area contributed by atoms with Crippen LogP contribution in [0.1, 0.15) is 44.2 Å². The Morgan fingerprint density at radius 1 is 1.23 bits per heavy atom. The van der Waals surface area contributed by atoms with Gasteiger partial charge in [-0.3, -0.25) is 4.79 Å². The summed E-state index contributed by atoms with van der Waals surface area (Å²) in [7, 11) is 1.53. The summed E-state index contributed by atoms with van der Waals surface area (Å²) in [5, 5.41) is 0.522. The van der Waals surface area contributed by atoms with Crippen molar-refractivity contribution < 1.29 is 28.5 Å². The van der Waals surface area contributed by atoms with Crippen molar-refractivity contribution in [3.05, 3.63) is 34.0 Å². The number of carbonyl (C=O) groups is 2. The molecule has 1 atom stereocenters. The monoisotopic (exact) mass is 437 g/mol. The van der Waals surface area contributed by atoms with Crippen LogP contribution in [0.15, 0.2) is 17.9 Å². The number of ether oxygens (including phenoxy) is 4. The lowest BCUT2D eigenvalue weighted by Crippen LogP contribution is -2.40. The quantitative estimate of drug-likeness (QED) is 0.448. The number of rotatable bonds is 8. The average molecular weight is 438 g/mol. The number of hydrogen-bond acceptors (Lipinski definition) is 6. The Kier molecular flexibility index (Phi) is 7.61. The molecule has 2 heterocycles. The molecule has 0 N–H and O–H groups in total. The highest BCUT2D eigenvalue weighted by Crippen LogP contribution is 2.43. The number of fused-ring (bicyclic) bond motifs is 1. The summed E-state index contributed by atoms with van der Waals surface area (Å²) in [5.41, 5.74) is 1.84. The summed E-state index contributed by atoms with van der Waals surface area (Å²) in [5.74, 6) is 0.650. The number of halogens is 1. The Morgan fingerprint density at radius 2 is 2.03 bits per heavy atom. The van der Waals surface area contributed by atoms with Crippen LogP contribution in [0.4, 0.5) is 4.79 Å². The Balaban J connectivity index is 2.02. The molecule has 8 heteroatoms. The second-order valence-electron chi connectivity index (χ2n) is 7.14. The molecular weight excluding hydrogens is 410 g/mol. The predicted molar refractivity (Wildman–Crippen MR) is 113 cm³/mol. The fraction of sp³-hybridized carbons (Fsp3) is 0.545. The van der Waals surface area contributed by atoms with E-state index in [2.05, 4.69) is 0 Å². The maximum atomic E-state index is 13.4. The van der Waals surface area contributed by atoms with Gasteiger partial charge in [-0.1, -0.05) is 18.5 Å². The smallest absolute Gasteiger partial charge is 0.496 e. The summed E-state index contributed by atoms with van der Waals surface area (Å²) in [6.07, 6.45) is 2.40. The summed E-state index contributed by atoms with van der Waals surface area (Å²) >= 11 is 6.24. The first-order chi connectivity index (χ1) is 14.5. The second kappa shape index (κ2) is 10.2. The van der Waals surface area contributed by atoms with Crippen molar-refractivity contribution in [3.8, 4) is 5.75 Å². The molecule has 2 aliphatic heterocycles. The molecule has 1 aromatic carbocycles. The van der Waals surface area contributed by atoms with Gasteiger partial charge in [0, 0.05) is 23.7 Å². The standard InChI is InChI=1S/C22H28ClNO6/c1-4-14-12-15(23)13-17(27-3)18(14)19-20(30-22(26)29-11-10-28-5-2)16-8-6-7-9-24(16)21(19)25/h12-13,16H,4-11H2,1-3H3. The molecule has 1 unspecified atom stereocenters. The molecule has 2 aliphatic rings. The van der Waals surface area contributed by atoms with E-state index in [4.69, 9.17) is 30.5 Å². The number of hydrogen-bond donors (Lipinski definition) is 0. The van der Waals surface area contributed by atoms with E-state index in [9.17, 15) is 9.59 Å². The van der Waals surface area contributed by atoms with Crippen molar-refractivity contribution in [1.82, 2.24) is 4.90 Å². The highest BCUT2D eigenvalue weighted by Gasteiger charge is 2.44. The van der Waals surface area contributed by atoms with Crippen molar-refractivity contribution in [1.29, 1.82) is 0 Å². The summed E-state index contributed by atoms with van der Waals surface area (Å²) in [4.78, 5) is 27.5. The van der Waals surface area contributed by atoms with Crippen LogP contribution < -0.4 is 4.74 Å². The van der Waals surface area contributed by atoms with Crippen molar-refractivity contribution in [2.45, 2.75) is 45.6 Å². The van der Waals surface area contributed by atoms with Gasteiger partial charge in [0.05, 0.1) is 25.3 Å². The van der Waals surface area contributed by atoms with Gasteiger partial charge in [0.1, 0.15) is 18.1 Å². The lowest BCUT2D eigenvalue weighted by atomic mass is 9.95. The maximum Gasteiger partial charge on any atom is 0.513 e. The Morgan fingerprint density at radius 3 is 2.73 bits per heavy atom. The predicted octanol–water partition coefficient (Wildman–Crippen LogP) is 4.21. The Labute approximate surface area is 181 Å². The van der Waals surface area contributed by atoms with Crippen LogP contribution in [0.5, 0.6) is 5.75 Å². The normalized spacial score (nSPS) is 18.5. The highest BCUT2D eigenvalue weighted by molar-refractivity contribution is 6.31. The van der Waals surface area contributed by atoms with E-state index in [1.807, 2.05) is 19.9 Å². The van der Waals surface area contributed by atoms with E-state index in [0.29, 0.717) is 47.2 Å². The molecule has 1 fully saturated rings. The number of carbonyl (C=O) groups excluding carboxylic acids is 2. The van der Waals surface area contributed by atoms with Crippen LogP contribution in [-0.4, -0.2) is 56.5 Å². The van der Waals surface area contributed by atoms with E-state index < -0.39 is 6.16 Å². The van der Waals surface area contributed by atoms with E-state index in [1.165, 1.54) is 7.11 Å². The Bertz CT molecular complexity index is 812. The fourth-order valence-corrected chi connectivity index (χ4v) is 4.25. The van der Waals surface area contributed by atoms with Gasteiger partial charge in [0.2, 0.25) is 0 Å². The first-order valence-corrected chi connectivity index (χ1v) is 10.7. The van der Waals surface area contributed by atoms with Crippen molar-refractivity contribution in [2.75, 3.05) is 33.5 Å². The molecule has 0 aliphatic carbocycles. The SMILES string of the molecule is CCOCCOC(=O)OC1=C(c2c(CC)cc(Cl)cc2OC)C(=O)N2CCCCC12. The first kappa shape index (κ1) is 22.4. The van der Waals surface area contributed by atoms with E-state index in [0.717, 1.165) is 24.8 Å². The third-order valence-electron chi connectivity index (χ3n) is 5.37. The van der Waals surface area contributed by atoms with Crippen LogP contribution in [0.2, 0.25) is 5.02 Å². The molecule has 164 valence electrons. The number of nitrogens with zero attached hydrogens (tertiary/aromatic N) is 1. The highest BCUT2D eigenvalue weighted by atomic mass is 35.5. The molecule has 7 nitrogen and oxygen atoms in total. The molecule has 3 rings (SSSR count). The van der Waals surface area contributed by atoms with Crippen molar-refractivity contribution in [3.63, 3.8) is 0 Å². The lowest BCUT2D eigenvalue weighted by molar-refractivity contribution is -0.126. The number of aryl methyl sites for hydroxylation is 1. The molecule has 30 heavy (non-hydrogen) atoms. The molecule has 0 spiro atoms. The zero-order valence-electron chi connectivity index (χ0n) is 17.7. The molecule has 1 amide bonds. The van der Waals surface area contributed by atoms with Crippen molar-refractivity contribution >= 4 is 29.2 Å². The van der Waals surface area contributed by atoms with Crippen LogP contribution in [0.25, 0.3) is 5.57 Å². The summed E-state index contributed by atoms with van der Waals surface area (Å²) < 4.78 is 21.5. The molecule has 0 aromatic heterocycles.